The van der Waals surface area contributed by atoms with Gasteiger partial charge in [-0.3, -0.25) is 4.98 Å². The Morgan fingerprint density at radius 3 is 2.94 bits per heavy atom. The molecule has 2 atom stereocenters. The van der Waals surface area contributed by atoms with E-state index in [1.807, 2.05) is 32.5 Å². The van der Waals surface area contributed by atoms with E-state index < -0.39 is 5.60 Å². The van der Waals surface area contributed by atoms with Crippen molar-refractivity contribution in [3.63, 3.8) is 0 Å². The quantitative estimate of drug-likeness (QED) is 0.864. The van der Waals surface area contributed by atoms with Crippen LogP contribution in [-0.2, 0) is 4.74 Å². The molecule has 1 N–H and O–H groups in total. The summed E-state index contributed by atoms with van der Waals surface area (Å²) < 4.78 is 5.19. The number of aromatic nitrogens is 1. The second-order valence-electron chi connectivity index (χ2n) is 5.00. The van der Waals surface area contributed by atoms with Gasteiger partial charge in [0.15, 0.2) is 0 Å². The van der Waals surface area contributed by atoms with Gasteiger partial charge in [0.25, 0.3) is 0 Å². The van der Waals surface area contributed by atoms with Crippen LogP contribution in [0.1, 0.15) is 38.0 Å². The monoisotopic (exact) mass is 240 g/mol. The second-order valence-corrected chi connectivity index (χ2v) is 5.92. The third kappa shape index (κ3) is 2.95. The summed E-state index contributed by atoms with van der Waals surface area (Å²) >= 11 is 1.63. The number of rotatable bonds is 2. The van der Waals surface area contributed by atoms with E-state index in [1.54, 1.807) is 11.3 Å². The van der Waals surface area contributed by atoms with Crippen molar-refractivity contribution in [1.82, 2.24) is 10.3 Å². The van der Waals surface area contributed by atoms with Gasteiger partial charge in [0.05, 0.1) is 5.51 Å². The van der Waals surface area contributed by atoms with Crippen LogP contribution in [0.5, 0.6) is 0 Å². The molecule has 88 valence electrons. The van der Waals surface area contributed by atoms with Gasteiger partial charge in [-0.15, -0.1) is 11.3 Å². The van der Waals surface area contributed by atoms with Gasteiger partial charge in [-0.25, -0.2) is 4.79 Å². The molecule has 1 saturated carbocycles. The molecular formula is C11H16N2O2S. The summed E-state index contributed by atoms with van der Waals surface area (Å²) in [6, 6.07) is 0.218. The maximum absolute atomic E-state index is 11.5. The maximum Gasteiger partial charge on any atom is 0.407 e. The molecule has 0 spiro atoms. The van der Waals surface area contributed by atoms with Crippen molar-refractivity contribution in [3.05, 3.63) is 16.6 Å². The van der Waals surface area contributed by atoms with Crippen molar-refractivity contribution in [2.24, 2.45) is 0 Å². The van der Waals surface area contributed by atoms with Crippen LogP contribution in [0.25, 0.3) is 0 Å². The molecule has 0 saturated heterocycles. The Labute approximate surface area is 99.0 Å². The highest BCUT2D eigenvalue weighted by Gasteiger charge is 2.41. The Kier molecular flexibility index (Phi) is 2.88. The lowest BCUT2D eigenvalue weighted by atomic mass is 10.2. The number of hydrogen-bond acceptors (Lipinski definition) is 4. The molecule has 1 amide bonds. The first kappa shape index (κ1) is 11.4. The van der Waals surface area contributed by atoms with Crippen molar-refractivity contribution in [1.29, 1.82) is 0 Å². The highest BCUT2D eigenvalue weighted by atomic mass is 32.1. The largest absolute Gasteiger partial charge is 0.444 e. The number of hydrogen-bond donors (Lipinski definition) is 1. The summed E-state index contributed by atoms with van der Waals surface area (Å²) in [5.41, 5.74) is 1.39. The number of ether oxygens (including phenoxy) is 1. The topological polar surface area (TPSA) is 51.2 Å². The van der Waals surface area contributed by atoms with Gasteiger partial charge in [-0.1, -0.05) is 0 Å². The van der Waals surface area contributed by atoms with Crippen LogP contribution < -0.4 is 5.32 Å². The number of alkyl carbamates (subject to hydrolysis) is 1. The van der Waals surface area contributed by atoms with E-state index in [0.29, 0.717) is 5.92 Å². The van der Waals surface area contributed by atoms with Crippen LogP contribution in [0.3, 0.4) is 0 Å². The van der Waals surface area contributed by atoms with E-state index in [9.17, 15) is 4.79 Å². The third-order valence-corrected chi connectivity index (χ3v) is 3.22. The molecule has 4 nitrogen and oxygen atoms in total. The molecular weight excluding hydrogens is 224 g/mol. The minimum absolute atomic E-state index is 0.218. The molecule has 0 radical (unpaired) electrons. The van der Waals surface area contributed by atoms with Gasteiger partial charge in [0, 0.05) is 23.0 Å². The predicted octanol–water partition coefficient (Wildman–Crippen LogP) is 2.52. The van der Waals surface area contributed by atoms with Crippen molar-refractivity contribution < 1.29 is 9.53 Å². The van der Waals surface area contributed by atoms with Crippen LogP contribution in [0.4, 0.5) is 4.79 Å². The summed E-state index contributed by atoms with van der Waals surface area (Å²) in [5, 5.41) is 2.87. The second kappa shape index (κ2) is 4.05. The molecule has 1 aromatic heterocycles. The van der Waals surface area contributed by atoms with Crippen molar-refractivity contribution >= 4 is 17.4 Å². The fourth-order valence-electron chi connectivity index (χ4n) is 1.54. The average Bonchev–Trinajstić information content (AvgIpc) is 2.70. The van der Waals surface area contributed by atoms with Crippen LogP contribution in [-0.4, -0.2) is 22.7 Å². The lowest BCUT2D eigenvalue weighted by Crippen LogP contribution is -2.34. The Hall–Kier alpha value is -1.10. The summed E-state index contributed by atoms with van der Waals surface area (Å²) in [5.74, 6) is 0.431. The fraction of sp³-hybridized carbons (Fsp3) is 0.636. The molecule has 1 aliphatic carbocycles. The van der Waals surface area contributed by atoms with Crippen LogP contribution in [0.2, 0.25) is 0 Å². The number of carbonyl (C=O) groups is 1. The molecule has 5 heteroatoms. The van der Waals surface area contributed by atoms with Gasteiger partial charge in [-0.05, 0) is 27.2 Å². The van der Waals surface area contributed by atoms with E-state index in [-0.39, 0.29) is 12.1 Å². The average molecular weight is 240 g/mol. The smallest absolute Gasteiger partial charge is 0.407 e. The zero-order valence-electron chi connectivity index (χ0n) is 9.69. The van der Waals surface area contributed by atoms with E-state index >= 15 is 0 Å². The first-order chi connectivity index (χ1) is 7.46. The highest BCUT2D eigenvalue weighted by Crippen LogP contribution is 2.42. The third-order valence-electron chi connectivity index (χ3n) is 2.31. The first-order valence-electron chi connectivity index (χ1n) is 5.33. The number of nitrogens with zero attached hydrogens (tertiary/aromatic N) is 1. The van der Waals surface area contributed by atoms with Crippen LogP contribution in [0, 0.1) is 0 Å². The number of thiazole rings is 1. The van der Waals surface area contributed by atoms with Gasteiger partial charge >= 0.3 is 6.09 Å². The van der Waals surface area contributed by atoms with Gasteiger partial charge in [-0.2, -0.15) is 0 Å². The Balaban J connectivity index is 1.79. The van der Waals surface area contributed by atoms with E-state index in [4.69, 9.17) is 4.74 Å². The molecule has 1 fully saturated rings. The molecule has 1 heterocycles. The maximum atomic E-state index is 11.5. The summed E-state index contributed by atoms with van der Waals surface area (Å²) in [7, 11) is 0. The van der Waals surface area contributed by atoms with E-state index in [2.05, 4.69) is 10.3 Å². The lowest BCUT2D eigenvalue weighted by Gasteiger charge is -2.19. The van der Waals surface area contributed by atoms with Crippen molar-refractivity contribution in [2.75, 3.05) is 0 Å². The minimum atomic E-state index is -0.432. The standard InChI is InChI=1S/C11H16N2O2S/c1-11(2,3)15-10(14)13-8-4-7(8)9-5-12-6-16-9/h5-8H,4H2,1-3H3,(H,13,14)/t7-,8-/m1/s1. The summed E-state index contributed by atoms with van der Waals surface area (Å²) in [6.45, 7) is 5.58. The van der Waals surface area contributed by atoms with Gasteiger partial charge in [0.2, 0.25) is 0 Å². The molecule has 0 aliphatic heterocycles. The zero-order valence-corrected chi connectivity index (χ0v) is 10.5. The Bertz CT molecular complexity index is 370. The first-order valence-corrected chi connectivity index (χ1v) is 6.21. The van der Waals surface area contributed by atoms with E-state index in [0.717, 1.165) is 6.42 Å². The van der Waals surface area contributed by atoms with E-state index in [1.165, 1.54) is 4.88 Å². The molecule has 0 bridgehead atoms. The predicted molar refractivity (Wildman–Crippen MR) is 62.6 cm³/mol. The van der Waals surface area contributed by atoms with Gasteiger partial charge in [0.1, 0.15) is 5.60 Å². The number of amides is 1. The van der Waals surface area contributed by atoms with Crippen LogP contribution in [0.15, 0.2) is 11.7 Å². The zero-order chi connectivity index (χ0) is 11.8. The molecule has 16 heavy (non-hydrogen) atoms. The lowest BCUT2D eigenvalue weighted by molar-refractivity contribution is 0.0523. The van der Waals surface area contributed by atoms with Gasteiger partial charge < -0.3 is 10.1 Å². The summed E-state index contributed by atoms with van der Waals surface area (Å²) in [6.07, 6.45) is 2.53. The minimum Gasteiger partial charge on any atom is -0.444 e. The van der Waals surface area contributed by atoms with Crippen molar-refractivity contribution in [2.45, 2.75) is 44.8 Å². The number of nitrogens with one attached hydrogen (secondary N) is 1. The SMILES string of the molecule is CC(C)(C)OC(=O)N[C@@H]1C[C@H]1c1cncs1. The molecule has 1 aliphatic rings. The number of carbonyl (C=O) groups excluding carboxylic acids is 1. The highest BCUT2D eigenvalue weighted by molar-refractivity contribution is 7.09. The summed E-state index contributed by atoms with van der Waals surface area (Å²) in [4.78, 5) is 16.7. The molecule has 0 aromatic carbocycles. The van der Waals surface area contributed by atoms with Crippen molar-refractivity contribution in [3.8, 4) is 0 Å². The Morgan fingerprint density at radius 1 is 1.62 bits per heavy atom. The normalized spacial score (nSPS) is 23.9. The molecule has 0 unspecified atom stereocenters. The Morgan fingerprint density at radius 2 is 2.38 bits per heavy atom. The fourth-order valence-corrected chi connectivity index (χ4v) is 2.34. The molecule has 2 rings (SSSR count). The van der Waals surface area contributed by atoms with Crippen LogP contribution >= 0.6 is 11.3 Å². The molecule has 1 aromatic rings.